The minimum Gasteiger partial charge on any atom is -0.463 e. The van der Waals surface area contributed by atoms with Crippen LogP contribution in [0.5, 0.6) is 0 Å². The van der Waals surface area contributed by atoms with Crippen molar-refractivity contribution in [1.82, 2.24) is 19.7 Å². The number of halogens is 2. The van der Waals surface area contributed by atoms with E-state index in [2.05, 4.69) is 15.1 Å². The smallest absolute Gasteiger partial charge is 0.432 e. The zero-order valence-corrected chi connectivity index (χ0v) is 12.9. The fraction of sp³-hybridized carbons (Fsp3) is 0.143. The molecule has 2 aromatic heterocycles. The molecule has 0 saturated carbocycles. The Hall–Kier alpha value is -2.74. The van der Waals surface area contributed by atoms with E-state index in [1.165, 1.54) is 4.90 Å². The zero-order valence-electron chi connectivity index (χ0n) is 12.2. The lowest BCUT2D eigenvalue weighted by Crippen LogP contribution is -2.14. The van der Waals surface area contributed by atoms with Crippen molar-refractivity contribution in [3.8, 4) is 0 Å². The molecule has 7 nitrogen and oxygen atoms in total. The summed E-state index contributed by atoms with van der Waals surface area (Å²) in [7, 11) is 1.59. The van der Waals surface area contributed by atoms with Crippen molar-refractivity contribution in [1.29, 1.82) is 0 Å². The van der Waals surface area contributed by atoms with Gasteiger partial charge in [-0.25, -0.2) is 14.2 Å². The second-order valence-corrected chi connectivity index (χ2v) is 5.19. The summed E-state index contributed by atoms with van der Waals surface area (Å²) in [6.45, 7) is 1.72. The highest BCUT2D eigenvalue weighted by molar-refractivity contribution is 6.28. The van der Waals surface area contributed by atoms with E-state index in [1.54, 1.807) is 32.2 Å². The number of anilines is 2. The number of hydrogen-bond donors (Lipinski definition) is 1. The van der Waals surface area contributed by atoms with Crippen LogP contribution in [0.4, 0.5) is 20.7 Å². The van der Waals surface area contributed by atoms with Crippen LogP contribution in [0.2, 0.25) is 5.28 Å². The summed E-state index contributed by atoms with van der Waals surface area (Å²) in [6.07, 6.45) is -0.218. The number of hydrogen-bond acceptors (Lipinski definition) is 5. The quantitative estimate of drug-likeness (QED) is 0.724. The lowest BCUT2D eigenvalue weighted by molar-refractivity contribution is 0.194. The van der Waals surface area contributed by atoms with Gasteiger partial charge in [-0.05, 0) is 36.7 Å². The van der Waals surface area contributed by atoms with Crippen molar-refractivity contribution >= 4 is 40.1 Å². The van der Waals surface area contributed by atoms with Crippen LogP contribution in [0.15, 0.2) is 24.4 Å². The molecule has 0 atom stereocenters. The van der Waals surface area contributed by atoms with Gasteiger partial charge in [-0.3, -0.25) is 0 Å². The van der Waals surface area contributed by atoms with Gasteiger partial charge in [0.2, 0.25) is 5.28 Å². The number of rotatable bonds is 2. The lowest BCUT2D eigenvalue weighted by Gasteiger charge is -2.18. The lowest BCUT2D eigenvalue weighted by atomic mass is 10.2. The van der Waals surface area contributed by atoms with Gasteiger partial charge in [0.1, 0.15) is 0 Å². The molecular weight excluding hydrogens is 325 g/mol. The van der Waals surface area contributed by atoms with Crippen LogP contribution in [0.25, 0.3) is 10.9 Å². The number of fused-ring (bicyclic) bond motifs is 1. The first-order chi connectivity index (χ1) is 10.9. The van der Waals surface area contributed by atoms with Crippen molar-refractivity contribution in [2.24, 2.45) is 0 Å². The third-order valence-corrected chi connectivity index (χ3v) is 3.61. The number of carbonyl (C=O) groups is 1. The molecule has 0 saturated heterocycles. The third-order valence-electron chi connectivity index (χ3n) is 3.43. The highest BCUT2D eigenvalue weighted by Crippen LogP contribution is 2.29. The summed E-state index contributed by atoms with van der Waals surface area (Å²) in [6, 6.07) is 5.04. The molecule has 1 aromatic carbocycles. The van der Waals surface area contributed by atoms with Gasteiger partial charge in [0.25, 0.3) is 0 Å². The van der Waals surface area contributed by atoms with Crippen LogP contribution in [-0.2, 0) is 0 Å². The first-order valence-electron chi connectivity index (χ1n) is 6.53. The molecule has 3 rings (SSSR count). The molecule has 0 radical (unpaired) electrons. The van der Waals surface area contributed by atoms with Crippen molar-refractivity contribution < 1.29 is 14.3 Å². The number of carboxylic acid groups (broad SMARTS) is 1. The maximum atomic E-state index is 13.9. The van der Waals surface area contributed by atoms with Gasteiger partial charge in [-0.2, -0.15) is 14.8 Å². The van der Waals surface area contributed by atoms with Crippen LogP contribution in [0.3, 0.4) is 0 Å². The normalized spacial score (nSPS) is 11.0. The summed E-state index contributed by atoms with van der Waals surface area (Å²) >= 11 is 5.71. The van der Waals surface area contributed by atoms with E-state index in [4.69, 9.17) is 11.6 Å². The first kappa shape index (κ1) is 15.2. The topological polar surface area (TPSA) is 84.1 Å². The standard InChI is InChI=1S/C14H11ClFN5O2/c1-7-9-4-3-8(5-11(9)21(19-7)14(22)23)20(2)12-10(16)6-17-13(15)18-12/h3-6H,1-2H3,(H,22,23). The van der Waals surface area contributed by atoms with Gasteiger partial charge in [-0.15, -0.1) is 0 Å². The Balaban J connectivity index is 2.14. The van der Waals surface area contributed by atoms with E-state index >= 15 is 0 Å². The van der Waals surface area contributed by atoms with E-state index in [1.807, 2.05) is 0 Å². The Bertz CT molecular complexity index is 927. The zero-order chi connectivity index (χ0) is 16.7. The predicted octanol–water partition coefficient (Wildman–Crippen LogP) is 3.22. The van der Waals surface area contributed by atoms with Crippen molar-refractivity contribution in [3.63, 3.8) is 0 Å². The van der Waals surface area contributed by atoms with Gasteiger partial charge in [-0.1, -0.05) is 0 Å². The Labute approximate surface area is 134 Å². The molecule has 0 amide bonds. The van der Waals surface area contributed by atoms with E-state index < -0.39 is 11.9 Å². The second-order valence-electron chi connectivity index (χ2n) is 4.85. The molecular formula is C14H11ClFN5O2. The van der Waals surface area contributed by atoms with Gasteiger partial charge >= 0.3 is 6.09 Å². The van der Waals surface area contributed by atoms with Crippen LogP contribution in [0.1, 0.15) is 5.69 Å². The summed E-state index contributed by atoms with van der Waals surface area (Å²) < 4.78 is 14.8. The highest BCUT2D eigenvalue weighted by Gasteiger charge is 2.17. The minimum atomic E-state index is -1.20. The van der Waals surface area contributed by atoms with Gasteiger partial charge in [0, 0.05) is 18.1 Å². The molecule has 118 valence electrons. The van der Waals surface area contributed by atoms with Crippen molar-refractivity contribution in [3.05, 3.63) is 41.2 Å². The Morgan fingerprint density at radius 1 is 1.43 bits per heavy atom. The molecule has 0 fully saturated rings. The number of aromatic nitrogens is 4. The molecule has 0 spiro atoms. The summed E-state index contributed by atoms with van der Waals surface area (Å²) in [5.74, 6) is -0.651. The molecule has 0 unspecified atom stereocenters. The molecule has 1 N–H and O–H groups in total. The Morgan fingerprint density at radius 3 is 2.87 bits per heavy atom. The Kier molecular flexibility index (Phi) is 3.61. The van der Waals surface area contributed by atoms with E-state index in [-0.39, 0.29) is 11.1 Å². The number of benzene rings is 1. The molecule has 0 aliphatic carbocycles. The first-order valence-corrected chi connectivity index (χ1v) is 6.90. The predicted molar refractivity (Wildman–Crippen MR) is 83.0 cm³/mol. The van der Waals surface area contributed by atoms with Crippen LogP contribution < -0.4 is 4.90 Å². The molecule has 9 heteroatoms. The highest BCUT2D eigenvalue weighted by atomic mass is 35.5. The minimum absolute atomic E-state index is 0.0116. The molecule has 23 heavy (non-hydrogen) atoms. The number of aryl methyl sites for hydroxylation is 1. The summed E-state index contributed by atoms with van der Waals surface area (Å²) in [5.41, 5.74) is 1.53. The van der Waals surface area contributed by atoms with Crippen LogP contribution in [0, 0.1) is 12.7 Å². The van der Waals surface area contributed by atoms with Crippen LogP contribution in [-0.4, -0.2) is 38.0 Å². The maximum Gasteiger partial charge on any atom is 0.432 e. The van der Waals surface area contributed by atoms with Gasteiger partial charge < -0.3 is 10.0 Å². The van der Waals surface area contributed by atoms with Gasteiger partial charge in [0.15, 0.2) is 11.6 Å². The monoisotopic (exact) mass is 335 g/mol. The largest absolute Gasteiger partial charge is 0.463 e. The number of nitrogens with zero attached hydrogens (tertiary/aromatic N) is 5. The fourth-order valence-electron chi connectivity index (χ4n) is 2.31. The van der Waals surface area contributed by atoms with E-state index in [9.17, 15) is 14.3 Å². The maximum absolute atomic E-state index is 13.9. The van der Waals surface area contributed by atoms with Crippen molar-refractivity contribution in [2.45, 2.75) is 6.92 Å². The molecule has 2 heterocycles. The van der Waals surface area contributed by atoms with E-state index in [0.29, 0.717) is 22.3 Å². The summed E-state index contributed by atoms with van der Waals surface area (Å²) in [4.78, 5) is 20.1. The average Bonchev–Trinajstić information content (AvgIpc) is 2.86. The molecule has 0 aliphatic heterocycles. The average molecular weight is 336 g/mol. The SMILES string of the molecule is Cc1nn(C(=O)O)c2cc(N(C)c3nc(Cl)ncc3F)ccc12. The molecule has 3 aromatic rings. The third kappa shape index (κ3) is 2.57. The molecule has 0 bridgehead atoms. The molecule has 0 aliphatic rings. The second kappa shape index (κ2) is 5.47. The van der Waals surface area contributed by atoms with Gasteiger partial charge in [0.05, 0.1) is 17.4 Å². The van der Waals surface area contributed by atoms with Crippen LogP contribution >= 0.6 is 11.6 Å². The Morgan fingerprint density at radius 2 is 2.17 bits per heavy atom. The fourth-order valence-corrected chi connectivity index (χ4v) is 2.44. The summed E-state index contributed by atoms with van der Waals surface area (Å²) in [5, 5.41) is 13.8. The van der Waals surface area contributed by atoms with E-state index in [0.717, 1.165) is 10.9 Å². The van der Waals surface area contributed by atoms with Crippen molar-refractivity contribution in [2.75, 3.05) is 11.9 Å².